The molecule has 5 aliphatic rings. The lowest BCUT2D eigenvalue weighted by molar-refractivity contribution is -0.0279. The van der Waals surface area contributed by atoms with Crippen LogP contribution in [0.2, 0.25) is 0 Å². The van der Waals surface area contributed by atoms with E-state index in [9.17, 15) is 44.0 Å². The highest BCUT2D eigenvalue weighted by Gasteiger charge is 2.44. The number of rotatable bonds is 18. The molecular formula is C81H103FN16O11S3. The van der Waals surface area contributed by atoms with Crippen LogP contribution in [-0.4, -0.2) is 153 Å². The molecule has 1 unspecified atom stereocenters. The van der Waals surface area contributed by atoms with Crippen LogP contribution in [0.15, 0.2) is 144 Å². The van der Waals surface area contributed by atoms with Gasteiger partial charge in [0.15, 0.2) is 10.1 Å². The van der Waals surface area contributed by atoms with Crippen molar-refractivity contribution in [1.29, 1.82) is 0 Å². The number of morpholine rings is 1. The Labute approximate surface area is 657 Å². The van der Waals surface area contributed by atoms with Gasteiger partial charge in [0.25, 0.3) is 37.8 Å². The monoisotopic (exact) mass is 1590 g/mol. The van der Waals surface area contributed by atoms with Gasteiger partial charge >= 0.3 is 10.2 Å². The lowest BCUT2D eigenvalue weighted by Gasteiger charge is -2.40. The summed E-state index contributed by atoms with van der Waals surface area (Å²) in [5, 5.41) is -0.653. The van der Waals surface area contributed by atoms with Crippen LogP contribution < -0.4 is 55.7 Å². The number of carbonyl (C=O) groups is 3. The number of carbonyl (C=O) groups excluding carboxylic acids is 3. The Balaban J connectivity index is 0.000000167. The van der Waals surface area contributed by atoms with Crippen molar-refractivity contribution < 1.29 is 53.5 Å². The van der Waals surface area contributed by atoms with E-state index in [1.54, 1.807) is 49.5 Å². The summed E-state index contributed by atoms with van der Waals surface area (Å²) in [6.45, 7) is 33.4. The molecule has 5 aromatic heterocycles. The predicted molar refractivity (Wildman–Crippen MR) is 434 cm³/mol. The van der Waals surface area contributed by atoms with Gasteiger partial charge in [0, 0.05) is 85.8 Å². The number of hydrogen-bond donors (Lipinski definition) is 6. The van der Waals surface area contributed by atoms with Gasteiger partial charge in [0.1, 0.15) is 53.1 Å². The molecule has 9 N–H and O–H groups in total. The molecular weight excluding hydrogens is 1490 g/mol. The average molecular weight is 1590 g/mol. The molecule has 10 heterocycles. The first-order valence-corrected chi connectivity index (χ1v) is 41.9. The van der Waals surface area contributed by atoms with Crippen LogP contribution in [0.25, 0.3) is 22.4 Å². The number of nitrogens with two attached hydrogens (primary N) is 3. The summed E-state index contributed by atoms with van der Waals surface area (Å²) < 4.78 is 112. The van der Waals surface area contributed by atoms with Gasteiger partial charge in [-0.2, -0.15) is 29.6 Å². The molecule has 13 rings (SSSR count). The molecule has 598 valence electrons. The Kier molecular flexibility index (Phi) is 24.2. The van der Waals surface area contributed by atoms with Crippen molar-refractivity contribution in [3.05, 3.63) is 178 Å². The molecule has 0 saturated carbocycles. The quantitative estimate of drug-likeness (QED) is 0.0465. The molecule has 5 fully saturated rings. The van der Waals surface area contributed by atoms with Crippen LogP contribution in [0, 0.1) is 44.3 Å². The zero-order valence-electron chi connectivity index (χ0n) is 66.0. The molecule has 5 aliphatic heterocycles. The number of sulfonamides is 2. The zero-order valence-corrected chi connectivity index (χ0v) is 68.5. The van der Waals surface area contributed by atoms with E-state index in [2.05, 4.69) is 101 Å². The minimum Gasteiger partial charge on any atom is -0.489 e. The van der Waals surface area contributed by atoms with Crippen molar-refractivity contribution in [2.75, 3.05) is 83.5 Å². The van der Waals surface area contributed by atoms with Gasteiger partial charge in [0.2, 0.25) is 0 Å². The molecule has 3 amide bonds. The summed E-state index contributed by atoms with van der Waals surface area (Å²) >= 11 is 0. The second kappa shape index (κ2) is 32.7. The smallest absolute Gasteiger partial charge is 0.304 e. The number of nitrogens with one attached hydrogen (secondary N) is 3. The van der Waals surface area contributed by atoms with E-state index in [1.807, 2.05) is 81.1 Å². The summed E-state index contributed by atoms with van der Waals surface area (Å²) in [4.78, 5) is 71.2. The summed E-state index contributed by atoms with van der Waals surface area (Å²) in [6, 6.07) is 35.4. The number of halogens is 1. The number of amides is 3. The maximum atomic E-state index is 14.2. The topological polar surface area (TPSA) is 367 Å². The number of benzene rings is 3. The minimum atomic E-state index is -4.29. The molecule has 31 heteroatoms. The van der Waals surface area contributed by atoms with Crippen LogP contribution in [0.1, 0.15) is 155 Å². The fraction of sp³-hybridized carbons (Fsp3) is 0.432. The number of ether oxygens (including phenoxy) is 2. The lowest BCUT2D eigenvalue weighted by atomic mass is 9.97. The first-order valence-electron chi connectivity index (χ1n) is 37.4. The van der Waals surface area contributed by atoms with E-state index in [1.165, 1.54) is 46.8 Å². The number of anilines is 6. The standard InChI is InChI=1S/C32H35N5O4S.C25H36N6O4S.C24H32FN5O3S/c1-21-17-32(3,4)37(19-21)30-27(31(38)36-42(39,40)29-12-8-11-28(33)35-29)15-24(18-34-30)26-16-25(14-13-22(26)2)41-20-23-9-6-5-7-10-23;1-16-13-24(3,4)31(14-16)22-18(23(32)29-36(33,34)20-9-7-8-19(26)27-20)12-17(2)21(28-22)30-10-11-35-25(5,6)15-30;1-15-12-24(3,4)30(13-15)22-19(23(31)28-34(32,33)29-10-9-18(26)14-29)7-8-21(27-22)17-6-5-16(2)20(25)11-17/h5-16,18,21H,17,19-20H2,1-4H3,(H2,33,35)(H,36,38);7-9,12,16H,10-11,13-15H2,1-6H3,(H2,26,27)(H,29,32);5-8,11,15,18H,9-10,12-14,26H2,1-4H3,(H,28,31)/t;16-;15-,18-/m.00/s1. The number of aromatic nitrogens is 5. The van der Waals surface area contributed by atoms with E-state index in [-0.39, 0.29) is 85.5 Å². The molecule has 4 atom stereocenters. The molecule has 8 aromatic rings. The number of aryl methyl sites for hydroxylation is 3. The van der Waals surface area contributed by atoms with Gasteiger partial charge in [-0.3, -0.25) is 14.4 Å². The second-order valence-corrected chi connectivity index (χ2v) is 37.5. The van der Waals surface area contributed by atoms with Crippen molar-refractivity contribution in [3.63, 3.8) is 0 Å². The zero-order chi connectivity index (χ0) is 81.4. The molecule has 112 heavy (non-hydrogen) atoms. The molecule has 0 aliphatic carbocycles. The Morgan fingerprint density at radius 1 is 0.554 bits per heavy atom. The maximum absolute atomic E-state index is 14.2. The van der Waals surface area contributed by atoms with Gasteiger partial charge in [0.05, 0.1) is 34.6 Å². The fourth-order valence-electron chi connectivity index (χ4n) is 15.7. The van der Waals surface area contributed by atoms with Gasteiger partial charge in [-0.15, -0.1) is 0 Å². The van der Waals surface area contributed by atoms with E-state index in [4.69, 9.17) is 41.6 Å². The van der Waals surface area contributed by atoms with Gasteiger partial charge in [-0.25, -0.2) is 43.5 Å². The van der Waals surface area contributed by atoms with E-state index >= 15 is 0 Å². The molecule has 5 saturated heterocycles. The minimum absolute atomic E-state index is 0.0346. The van der Waals surface area contributed by atoms with Gasteiger partial charge in [-0.05, 0) is 214 Å². The summed E-state index contributed by atoms with van der Waals surface area (Å²) in [6.07, 6.45) is 4.99. The fourth-order valence-corrected chi connectivity index (χ4v) is 18.8. The summed E-state index contributed by atoms with van der Waals surface area (Å²) in [5.41, 5.74) is 22.4. The number of nitrogen functional groups attached to an aromatic ring is 2. The highest BCUT2D eigenvalue weighted by atomic mass is 32.2. The predicted octanol–water partition coefficient (Wildman–Crippen LogP) is 10.9. The van der Waals surface area contributed by atoms with E-state index in [0.29, 0.717) is 116 Å². The van der Waals surface area contributed by atoms with Crippen molar-refractivity contribution in [3.8, 4) is 28.1 Å². The van der Waals surface area contributed by atoms with Crippen LogP contribution in [0.4, 0.5) is 39.3 Å². The normalized spacial score (nSPS) is 19.9. The first kappa shape index (κ1) is 83.0. The molecule has 0 bridgehead atoms. The van der Waals surface area contributed by atoms with Crippen LogP contribution in [0.5, 0.6) is 5.75 Å². The first-order chi connectivity index (χ1) is 52.5. The third-order valence-corrected chi connectivity index (χ3v) is 24.8. The third kappa shape index (κ3) is 19.2. The number of nitrogens with zero attached hydrogens (tertiary/aromatic N) is 10. The summed E-state index contributed by atoms with van der Waals surface area (Å²) in [7, 11) is -12.6. The highest BCUT2D eigenvalue weighted by molar-refractivity contribution is 7.90. The number of hydrogen-bond acceptors (Lipinski definition) is 23. The molecule has 27 nitrogen and oxygen atoms in total. The maximum Gasteiger partial charge on any atom is 0.304 e. The second-order valence-electron chi connectivity index (χ2n) is 32.6. The van der Waals surface area contributed by atoms with Crippen molar-refractivity contribution in [2.45, 2.75) is 168 Å². The molecule has 0 spiro atoms. The van der Waals surface area contributed by atoms with Crippen molar-refractivity contribution in [2.24, 2.45) is 23.5 Å². The van der Waals surface area contributed by atoms with Gasteiger partial charge < -0.3 is 46.3 Å². The largest absolute Gasteiger partial charge is 0.489 e. The Morgan fingerprint density at radius 3 is 1.61 bits per heavy atom. The van der Waals surface area contributed by atoms with E-state index < -0.39 is 48.0 Å². The van der Waals surface area contributed by atoms with Crippen LogP contribution in [-0.2, 0) is 41.6 Å². The van der Waals surface area contributed by atoms with Crippen molar-refractivity contribution >= 4 is 82.9 Å². The SMILES string of the molecule is Cc1cc(C(=O)NS(=O)(=O)c2cccc(N)n2)c(N2C[C@@H](C)CC2(C)C)nc1N1CCOC(C)(C)C1.Cc1ccc(-c2ccc(C(=O)NS(=O)(=O)N3CC[C@H](N)C3)c(N3C[C@@H](C)CC3(C)C)n2)cc1F.Cc1ccc(OCc2ccccc2)cc1-c1cnc(N2CC(C)CC2(C)C)c(C(=O)NS(=O)(=O)c2cccc(N)n2)c1. The van der Waals surface area contributed by atoms with Gasteiger partial charge in [-0.1, -0.05) is 81.4 Å². The third-order valence-electron chi connectivity index (χ3n) is 20.8. The van der Waals surface area contributed by atoms with Crippen molar-refractivity contribution in [1.82, 2.24) is 43.4 Å². The average Bonchev–Trinajstić information content (AvgIpc) is 1.47. The highest BCUT2D eigenvalue weighted by Crippen LogP contribution is 2.43. The Bertz CT molecular complexity index is 5230. The van der Waals surface area contributed by atoms with E-state index in [0.717, 1.165) is 47.3 Å². The lowest BCUT2D eigenvalue weighted by Crippen LogP contribution is -2.49. The summed E-state index contributed by atoms with van der Waals surface area (Å²) in [5.74, 6) is 1.30. The molecule has 3 aromatic carbocycles. The Morgan fingerprint density at radius 2 is 1.09 bits per heavy atom. The number of pyridine rings is 5. The van der Waals surface area contributed by atoms with Crippen LogP contribution >= 0.6 is 0 Å². The molecule has 0 radical (unpaired) electrons. The van der Waals surface area contributed by atoms with Crippen LogP contribution in [0.3, 0.4) is 0 Å². The Hall–Kier alpha value is -9.92.